The molecular formula is C19H24N2O2. The Labute approximate surface area is 137 Å². The minimum absolute atomic E-state index is 0.0997. The van der Waals surface area contributed by atoms with E-state index in [4.69, 9.17) is 10.2 Å². The van der Waals surface area contributed by atoms with Crippen molar-refractivity contribution in [2.75, 3.05) is 19.7 Å². The van der Waals surface area contributed by atoms with Gasteiger partial charge in [-0.25, -0.2) is 0 Å². The molecule has 122 valence electrons. The average Bonchev–Trinajstić information content (AvgIpc) is 2.64. The van der Waals surface area contributed by atoms with E-state index in [0.29, 0.717) is 0 Å². The number of hydrogen-bond acceptors (Lipinski definition) is 4. The monoisotopic (exact) mass is 312 g/mol. The summed E-state index contributed by atoms with van der Waals surface area (Å²) in [6.45, 7) is 3.35. The first kappa shape index (κ1) is 17.3. The number of benzene rings is 1. The molecule has 0 fully saturated rings. The number of rotatable bonds is 4. The van der Waals surface area contributed by atoms with Gasteiger partial charge in [-0.3, -0.25) is 9.88 Å². The molecule has 0 amide bonds. The standard InChI is InChI=1S/C13H17NO.C6H7NO/c15-11-13-6-8-14(9-7-13)10-12-4-2-1-3-5-12;8-5-6-1-3-7-4-2-6/h1-6,15H,7-11H2;1-4,8H,5H2. The summed E-state index contributed by atoms with van der Waals surface area (Å²) in [7, 11) is 0. The molecule has 0 unspecified atom stereocenters. The SMILES string of the molecule is OCC1=CCN(Cc2ccccc2)CC1.OCc1ccncc1. The van der Waals surface area contributed by atoms with Gasteiger partial charge in [-0.05, 0) is 35.3 Å². The molecule has 0 radical (unpaired) electrons. The highest BCUT2D eigenvalue weighted by molar-refractivity contribution is 5.15. The lowest BCUT2D eigenvalue weighted by Gasteiger charge is -2.25. The molecule has 4 heteroatoms. The van der Waals surface area contributed by atoms with Gasteiger partial charge in [0, 0.05) is 32.0 Å². The van der Waals surface area contributed by atoms with Gasteiger partial charge in [0.2, 0.25) is 0 Å². The van der Waals surface area contributed by atoms with Crippen LogP contribution >= 0.6 is 0 Å². The van der Waals surface area contributed by atoms with E-state index in [1.807, 2.05) is 6.07 Å². The van der Waals surface area contributed by atoms with Crippen molar-refractivity contribution in [2.24, 2.45) is 0 Å². The second-order valence-electron chi connectivity index (χ2n) is 5.50. The van der Waals surface area contributed by atoms with Gasteiger partial charge in [0.1, 0.15) is 0 Å². The first-order chi connectivity index (χ1) is 11.3. The van der Waals surface area contributed by atoms with Crippen LogP contribution in [0.25, 0.3) is 0 Å². The highest BCUT2D eigenvalue weighted by Crippen LogP contribution is 2.12. The van der Waals surface area contributed by atoms with E-state index in [2.05, 4.69) is 40.2 Å². The molecule has 0 saturated heterocycles. The summed E-state index contributed by atoms with van der Waals surface area (Å²) in [5.74, 6) is 0. The Morgan fingerprint density at radius 3 is 2.17 bits per heavy atom. The van der Waals surface area contributed by atoms with Crippen molar-refractivity contribution in [3.8, 4) is 0 Å². The molecule has 0 spiro atoms. The lowest BCUT2D eigenvalue weighted by molar-refractivity contribution is 0.264. The fraction of sp³-hybridized carbons (Fsp3) is 0.316. The molecule has 1 aromatic heterocycles. The number of nitrogens with zero attached hydrogens (tertiary/aromatic N) is 2. The Balaban J connectivity index is 0.000000203. The number of hydrogen-bond donors (Lipinski definition) is 2. The fourth-order valence-corrected chi connectivity index (χ4v) is 2.37. The molecular weight excluding hydrogens is 288 g/mol. The highest BCUT2D eigenvalue weighted by atomic mass is 16.3. The summed E-state index contributed by atoms with van der Waals surface area (Å²) in [4.78, 5) is 6.18. The Kier molecular flexibility index (Phi) is 7.46. The van der Waals surface area contributed by atoms with Crippen LogP contribution in [0.2, 0.25) is 0 Å². The summed E-state index contributed by atoms with van der Waals surface area (Å²) in [6, 6.07) is 14.1. The van der Waals surface area contributed by atoms with Gasteiger partial charge in [0.25, 0.3) is 0 Å². The van der Waals surface area contributed by atoms with E-state index in [0.717, 1.165) is 31.6 Å². The van der Waals surface area contributed by atoms with Crippen molar-refractivity contribution in [2.45, 2.75) is 19.6 Å². The second kappa shape index (κ2) is 9.90. The topological polar surface area (TPSA) is 56.6 Å². The van der Waals surface area contributed by atoms with Gasteiger partial charge < -0.3 is 10.2 Å². The molecule has 0 aliphatic carbocycles. The van der Waals surface area contributed by atoms with Crippen LogP contribution in [-0.2, 0) is 13.2 Å². The molecule has 3 rings (SSSR count). The third-order valence-electron chi connectivity index (χ3n) is 3.77. The molecule has 2 aromatic rings. The number of pyridine rings is 1. The van der Waals surface area contributed by atoms with Crippen molar-refractivity contribution in [3.63, 3.8) is 0 Å². The predicted octanol–water partition coefficient (Wildman–Crippen LogP) is 2.38. The zero-order valence-electron chi connectivity index (χ0n) is 13.3. The Morgan fingerprint density at radius 1 is 0.913 bits per heavy atom. The molecule has 1 aromatic carbocycles. The van der Waals surface area contributed by atoms with Gasteiger partial charge in [-0.2, -0.15) is 0 Å². The Morgan fingerprint density at radius 2 is 1.65 bits per heavy atom. The zero-order chi connectivity index (χ0) is 16.3. The molecule has 0 bridgehead atoms. The predicted molar refractivity (Wildman–Crippen MR) is 91.7 cm³/mol. The Hall–Kier alpha value is -2.01. The molecule has 1 aliphatic heterocycles. The fourth-order valence-electron chi connectivity index (χ4n) is 2.37. The van der Waals surface area contributed by atoms with E-state index in [-0.39, 0.29) is 13.2 Å². The quantitative estimate of drug-likeness (QED) is 0.851. The van der Waals surface area contributed by atoms with Crippen molar-refractivity contribution < 1.29 is 10.2 Å². The molecule has 1 aliphatic rings. The maximum absolute atomic E-state index is 8.98. The molecule has 0 atom stereocenters. The van der Waals surface area contributed by atoms with Crippen molar-refractivity contribution in [3.05, 3.63) is 77.6 Å². The Bertz CT molecular complexity index is 585. The highest BCUT2D eigenvalue weighted by Gasteiger charge is 2.10. The second-order valence-corrected chi connectivity index (χ2v) is 5.50. The van der Waals surface area contributed by atoms with Crippen LogP contribution in [0.5, 0.6) is 0 Å². The van der Waals surface area contributed by atoms with Crippen LogP contribution in [0.3, 0.4) is 0 Å². The number of aliphatic hydroxyl groups excluding tert-OH is 2. The lowest BCUT2D eigenvalue weighted by atomic mass is 10.1. The van der Waals surface area contributed by atoms with Crippen molar-refractivity contribution >= 4 is 0 Å². The van der Waals surface area contributed by atoms with Gasteiger partial charge >= 0.3 is 0 Å². The molecule has 23 heavy (non-hydrogen) atoms. The minimum atomic E-state index is 0.0997. The van der Waals surface area contributed by atoms with Crippen LogP contribution in [0.15, 0.2) is 66.5 Å². The maximum atomic E-state index is 8.98. The molecule has 2 N–H and O–H groups in total. The van der Waals surface area contributed by atoms with Gasteiger partial charge in [0.15, 0.2) is 0 Å². The maximum Gasteiger partial charge on any atom is 0.0682 e. The largest absolute Gasteiger partial charge is 0.392 e. The zero-order valence-corrected chi connectivity index (χ0v) is 13.3. The summed E-state index contributed by atoms with van der Waals surface area (Å²) in [6.07, 6.45) is 6.47. The van der Waals surface area contributed by atoms with E-state index in [1.54, 1.807) is 24.5 Å². The first-order valence-corrected chi connectivity index (χ1v) is 7.86. The van der Waals surface area contributed by atoms with Gasteiger partial charge in [0.05, 0.1) is 13.2 Å². The summed E-state index contributed by atoms with van der Waals surface area (Å²) < 4.78 is 0. The van der Waals surface area contributed by atoms with E-state index >= 15 is 0 Å². The third kappa shape index (κ3) is 6.32. The average molecular weight is 312 g/mol. The molecule has 0 saturated carbocycles. The molecule has 4 nitrogen and oxygen atoms in total. The smallest absolute Gasteiger partial charge is 0.0682 e. The van der Waals surface area contributed by atoms with Crippen molar-refractivity contribution in [1.29, 1.82) is 0 Å². The van der Waals surface area contributed by atoms with Crippen molar-refractivity contribution in [1.82, 2.24) is 9.88 Å². The normalized spacial score (nSPS) is 14.6. The van der Waals surface area contributed by atoms with E-state index in [9.17, 15) is 0 Å². The van der Waals surface area contributed by atoms with Crippen LogP contribution in [-0.4, -0.2) is 39.8 Å². The lowest BCUT2D eigenvalue weighted by Crippen LogP contribution is -2.28. The summed E-state index contributed by atoms with van der Waals surface area (Å²) in [5, 5.41) is 17.5. The molecule has 2 heterocycles. The number of aromatic nitrogens is 1. The van der Waals surface area contributed by atoms with E-state index < -0.39 is 0 Å². The summed E-state index contributed by atoms with van der Waals surface area (Å²) >= 11 is 0. The third-order valence-corrected chi connectivity index (χ3v) is 3.77. The van der Waals surface area contributed by atoms with Gasteiger partial charge in [-0.1, -0.05) is 36.4 Å². The van der Waals surface area contributed by atoms with Crippen LogP contribution in [0, 0.1) is 0 Å². The summed E-state index contributed by atoms with van der Waals surface area (Å²) in [5.41, 5.74) is 3.44. The first-order valence-electron chi connectivity index (χ1n) is 7.86. The van der Waals surface area contributed by atoms with Gasteiger partial charge in [-0.15, -0.1) is 0 Å². The van der Waals surface area contributed by atoms with E-state index in [1.165, 1.54) is 11.1 Å². The van der Waals surface area contributed by atoms with Crippen LogP contribution < -0.4 is 0 Å². The number of aliphatic hydroxyl groups is 2. The minimum Gasteiger partial charge on any atom is -0.392 e. The van der Waals surface area contributed by atoms with Crippen LogP contribution in [0.4, 0.5) is 0 Å². The van der Waals surface area contributed by atoms with Crippen LogP contribution in [0.1, 0.15) is 17.5 Å².